The number of anilines is 1. The van der Waals surface area contributed by atoms with Gasteiger partial charge in [-0.3, -0.25) is 13.9 Å². The molecule has 8 nitrogen and oxygen atoms in total. The van der Waals surface area contributed by atoms with Gasteiger partial charge < -0.3 is 15.0 Å². The minimum Gasteiger partial charge on any atom is -0.492 e. The Balaban J connectivity index is 1.69. The van der Waals surface area contributed by atoms with Gasteiger partial charge in [-0.05, 0) is 81.3 Å². The molecule has 0 aromatic heterocycles. The second-order valence-electron chi connectivity index (χ2n) is 10.6. The number of hydrogen-bond acceptors (Lipinski definition) is 6. The average Bonchev–Trinajstić information content (AvgIpc) is 3.54. The second-order valence-corrected chi connectivity index (χ2v) is 13.3. The zero-order valence-corrected chi connectivity index (χ0v) is 26.7. The lowest BCUT2D eigenvalue weighted by Gasteiger charge is -2.33. The van der Waals surface area contributed by atoms with Gasteiger partial charge in [0.1, 0.15) is 18.3 Å². The van der Waals surface area contributed by atoms with Gasteiger partial charge in [-0.25, -0.2) is 8.42 Å². The smallest absolute Gasteiger partial charge is 0.264 e. The van der Waals surface area contributed by atoms with Gasteiger partial charge in [0, 0.05) is 17.5 Å². The van der Waals surface area contributed by atoms with E-state index < -0.39 is 28.5 Å². The summed E-state index contributed by atoms with van der Waals surface area (Å²) < 4.78 is 35.2. The van der Waals surface area contributed by atoms with Crippen molar-refractivity contribution in [3.63, 3.8) is 0 Å². The van der Waals surface area contributed by atoms with Gasteiger partial charge in [0.2, 0.25) is 11.8 Å². The Morgan fingerprint density at radius 3 is 2.28 bits per heavy atom. The fourth-order valence-corrected chi connectivity index (χ4v) is 7.12. The molecule has 0 aliphatic heterocycles. The van der Waals surface area contributed by atoms with Crippen LogP contribution in [0.25, 0.3) is 0 Å². The number of carbonyl (C=O) groups excluding carboxylic acids is 2. The average molecular weight is 624 g/mol. The van der Waals surface area contributed by atoms with Crippen LogP contribution in [0, 0.1) is 0 Å². The van der Waals surface area contributed by atoms with Crippen molar-refractivity contribution < 1.29 is 22.7 Å². The summed E-state index contributed by atoms with van der Waals surface area (Å²) in [5.74, 6) is -0.351. The third-order valence-electron chi connectivity index (χ3n) is 7.71. The zero-order chi connectivity index (χ0) is 30.8. The predicted octanol–water partition coefficient (Wildman–Crippen LogP) is 5.52. The number of thioether (sulfide) groups is 1. The molecule has 3 aromatic rings. The van der Waals surface area contributed by atoms with Crippen molar-refractivity contribution in [3.05, 3.63) is 84.4 Å². The molecule has 1 N–H and O–H groups in total. The van der Waals surface area contributed by atoms with Crippen LogP contribution >= 0.6 is 11.8 Å². The van der Waals surface area contributed by atoms with Crippen LogP contribution in [0.3, 0.4) is 0 Å². The van der Waals surface area contributed by atoms with Crippen molar-refractivity contribution in [2.75, 3.05) is 30.3 Å². The van der Waals surface area contributed by atoms with Gasteiger partial charge in [-0.15, -0.1) is 11.8 Å². The Labute approximate surface area is 259 Å². The number of nitrogens with one attached hydrogen (secondary N) is 1. The van der Waals surface area contributed by atoms with E-state index in [1.54, 1.807) is 55.5 Å². The molecule has 1 aliphatic rings. The maximum atomic E-state index is 14.2. The number of amides is 2. The molecule has 1 aliphatic carbocycles. The summed E-state index contributed by atoms with van der Waals surface area (Å²) in [6, 6.07) is 22.4. The fraction of sp³-hybridized carbons (Fsp3) is 0.394. The molecule has 2 amide bonds. The van der Waals surface area contributed by atoms with Crippen molar-refractivity contribution >= 4 is 39.3 Å². The van der Waals surface area contributed by atoms with Gasteiger partial charge >= 0.3 is 0 Å². The van der Waals surface area contributed by atoms with E-state index in [2.05, 4.69) is 5.32 Å². The van der Waals surface area contributed by atoms with Crippen LogP contribution in [0.1, 0.15) is 45.1 Å². The predicted molar refractivity (Wildman–Crippen MR) is 172 cm³/mol. The largest absolute Gasteiger partial charge is 0.492 e. The molecule has 43 heavy (non-hydrogen) atoms. The molecule has 1 saturated carbocycles. The topological polar surface area (TPSA) is 96.0 Å². The van der Waals surface area contributed by atoms with E-state index in [-0.39, 0.29) is 29.1 Å². The summed E-state index contributed by atoms with van der Waals surface area (Å²) in [7, 11) is -4.18. The summed E-state index contributed by atoms with van der Waals surface area (Å²) in [5.41, 5.74) is 1.28. The SMILES string of the molecule is CCOc1ccccc1N(CC(=O)N(CCc1ccccc1)[C@@H](C)C(=O)NC1CCCC1)S(=O)(=O)c1ccc(SC)cc1. The monoisotopic (exact) mass is 623 g/mol. The van der Waals surface area contributed by atoms with E-state index in [0.29, 0.717) is 18.8 Å². The Kier molecular flexibility index (Phi) is 11.5. The van der Waals surface area contributed by atoms with Gasteiger partial charge in [-0.2, -0.15) is 0 Å². The molecular weight excluding hydrogens is 583 g/mol. The number of sulfonamides is 1. The highest BCUT2D eigenvalue weighted by Gasteiger charge is 2.34. The number of nitrogens with zero attached hydrogens (tertiary/aromatic N) is 2. The molecular formula is C33H41N3O5S2. The number of carbonyl (C=O) groups is 2. The summed E-state index contributed by atoms with van der Waals surface area (Å²) in [6.07, 6.45) is 6.42. The maximum Gasteiger partial charge on any atom is 0.264 e. The standard InChI is InChI=1S/C33H41N3O5S2/c1-4-41-31-17-11-10-16-30(31)36(43(39,40)29-20-18-28(42-3)19-21-29)24-32(37)35(23-22-26-12-6-5-7-13-26)25(2)33(38)34-27-14-8-9-15-27/h5-7,10-13,16-21,25,27H,4,8-9,14-15,22-24H2,1-3H3,(H,34,38)/t25-/m0/s1. The van der Waals surface area contributed by atoms with Gasteiger partial charge in [0.05, 0.1) is 17.2 Å². The van der Waals surface area contributed by atoms with Crippen molar-refractivity contribution in [1.82, 2.24) is 10.2 Å². The third-order valence-corrected chi connectivity index (χ3v) is 10.2. The number of benzene rings is 3. The van der Waals surface area contributed by atoms with Crippen LogP contribution in [0.5, 0.6) is 5.75 Å². The van der Waals surface area contributed by atoms with E-state index in [9.17, 15) is 18.0 Å². The molecule has 4 rings (SSSR count). The van der Waals surface area contributed by atoms with Crippen LogP contribution < -0.4 is 14.4 Å². The minimum atomic E-state index is -4.18. The molecule has 10 heteroatoms. The van der Waals surface area contributed by atoms with E-state index in [1.807, 2.05) is 43.5 Å². The summed E-state index contributed by atoms with van der Waals surface area (Å²) in [5, 5.41) is 3.10. The lowest BCUT2D eigenvalue weighted by Crippen LogP contribution is -2.53. The Morgan fingerprint density at radius 1 is 0.977 bits per heavy atom. The third kappa shape index (κ3) is 8.32. The molecule has 230 valence electrons. The van der Waals surface area contributed by atoms with Crippen molar-refractivity contribution in [2.24, 2.45) is 0 Å². The summed E-state index contributed by atoms with van der Waals surface area (Å²) >= 11 is 1.51. The highest BCUT2D eigenvalue weighted by atomic mass is 32.2. The molecule has 0 bridgehead atoms. The van der Waals surface area contributed by atoms with Crippen LogP contribution in [0.4, 0.5) is 5.69 Å². The Bertz CT molecular complexity index is 1460. The number of hydrogen-bond donors (Lipinski definition) is 1. The Hall–Kier alpha value is -3.50. The van der Waals surface area contributed by atoms with Crippen molar-refractivity contribution in [2.45, 2.75) is 67.8 Å². The van der Waals surface area contributed by atoms with Crippen LogP contribution in [-0.4, -0.2) is 63.2 Å². The highest BCUT2D eigenvalue weighted by Crippen LogP contribution is 2.33. The quantitative estimate of drug-likeness (QED) is 0.238. The molecule has 0 saturated heterocycles. The molecule has 0 unspecified atom stereocenters. The summed E-state index contributed by atoms with van der Waals surface area (Å²) in [4.78, 5) is 30.0. The summed E-state index contributed by atoms with van der Waals surface area (Å²) in [6.45, 7) is 3.61. The van der Waals surface area contributed by atoms with Crippen molar-refractivity contribution in [3.8, 4) is 5.75 Å². The lowest BCUT2D eigenvalue weighted by molar-refractivity contribution is -0.139. The lowest BCUT2D eigenvalue weighted by atomic mass is 10.1. The Morgan fingerprint density at radius 2 is 1.63 bits per heavy atom. The number of para-hydroxylation sites is 2. The molecule has 0 spiro atoms. The van der Waals surface area contributed by atoms with Crippen LogP contribution in [0.2, 0.25) is 0 Å². The number of rotatable bonds is 14. The van der Waals surface area contributed by atoms with E-state index in [1.165, 1.54) is 16.7 Å². The van der Waals surface area contributed by atoms with Crippen LogP contribution in [-0.2, 0) is 26.0 Å². The second kappa shape index (κ2) is 15.3. The first kappa shape index (κ1) is 32.4. The van der Waals surface area contributed by atoms with Gasteiger partial charge in [-0.1, -0.05) is 55.3 Å². The first-order chi connectivity index (χ1) is 20.7. The molecule has 0 radical (unpaired) electrons. The van der Waals surface area contributed by atoms with Crippen LogP contribution in [0.15, 0.2) is 88.7 Å². The fourth-order valence-electron chi connectivity index (χ4n) is 5.29. The minimum absolute atomic E-state index is 0.0623. The van der Waals surface area contributed by atoms with E-state index in [4.69, 9.17) is 4.74 Å². The molecule has 3 aromatic carbocycles. The van der Waals surface area contributed by atoms with Crippen molar-refractivity contribution in [1.29, 1.82) is 0 Å². The van der Waals surface area contributed by atoms with E-state index >= 15 is 0 Å². The van der Waals surface area contributed by atoms with Gasteiger partial charge in [0.15, 0.2) is 0 Å². The van der Waals surface area contributed by atoms with E-state index in [0.717, 1.165) is 40.4 Å². The first-order valence-corrected chi connectivity index (χ1v) is 17.4. The first-order valence-electron chi connectivity index (χ1n) is 14.8. The molecule has 1 atom stereocenters. The normalized spacial score (nSPS) is 14.2. The maximum absolute atomic E-state index is 14.2. The molecule has 1 fully saturated rings. The van der Waals surface area contributed by atoms with Gasteiger partial charge in [0.25, 0.3) is 10.0 Å². The highest BCUT2D eigenvalue weighted by molar-refractivity contribution is 7.98. The molecule has 0 heterocycles. The number of ether oxygens (including phenoxy) is 1. The zero-order valence-electron chi connectivity index (χ0n) is 25.1.